The Bertz CT molecular complexity index is 1690. The van der Waals surface area contributed by atoms with Crippen molar-refractivity contribution in [3.63, 3.8) is 0 Å². The molecule has 2 unspecified atom stereocenters. The second kappa shape index (κ2) is 12.4. The molecule has 4 aromatic rings. The van der Waals surface area contributed by atoms with Gasteiger partial charge in [-0.05, 0) is 11.8 Å². The predicted molar refractivity (Wildman–Crippen MR) is 147 cm³/mol. The van der Waals surface area contributed by atoms with Gasteiger partial charge in [-0.3, -0.25) is 9.32 Å². The van der Waals surface area contributed by atoms with Crippen LogP contribution in [0.4, 0.5) is 13.6 Å². The summed E-state index contributed by atoms with van der Waals surface area (Å²) in [4.78, 5) is 52.8. The van der Waals surface area contributed by atoms with Crippen molar-refractivity contribution in [2.45, 2.75) is 37.8 Å². The van der Waals surface area contributed by atoms with Crippen molar-refractivity contribution in [1.29, 1.82) is 0 Å². The average molecular weight is 652 g/mol. The molecule has 1 fully saturated rings. The van der Waals surface area contributed by atoms with Gasteiger partial charge in [0, 0.05) is 15.7 Å². The Morgan fingerprint density at radius 2 is 2.17 bits per heavy atom. The van der Waals surface area contributed by atoms with Crippen LogP contribution in [0.15, 0.2) is 29.8 Å². The lowest BCUT2D eigenvalue weighted by molar-refractivity contribution is -0.0427. The first kappa shape index (κ1) is 30.0. The van der Waals surface area contributed by atoms with Crippen molar-refractivity contribution in [3.8, 4) is 0 Å². The van der Waals surface area contributed by atoms with Crippen molar-refractivity contribution in [1.82, 2.24) is 34.1 Å². The van der Waals surface area contributed by atoms with Gasteiger partial charge in [-0.2, -0.15) is 0 Å². The van der Waals surface area contributed by atoms with Gasteiger partial charge in [0.05, 0.1) is 25.7 Å². The molecule has 15 nitrogen and oxygen atoms in total. The summed E-state index contributed by atoms with van der Waals surface area (Å²) in [5.41, 5.74) is -0.129. The molecule has 0 aromatic carbocycles. The Balaban J connectivity index is 1.39. The molecule has 1 aliphatic rings. The molecule has 2 N–H and O–H groups in total. The highest BCUT2D eigenvalue weighted by molar-refractivity contribution is 8.07. The SMILES string of the molecule is O=C(S)OCCn1c(COP(O)(=S)O[C@@H]2[C@H](F)[C@@H](COP)O[C@H]2n2cc(F)c3c(=O)[nH]cnc32)nc2cncnc21. The van der Waals surface area contributed by atoms with Crippen LogP contribution in [0.2, 0.25) is 0 Å². The zero-order valence-electron chi connectivity index (χ0n) is 20.6. The zero-order chi connectivity index (χ0) is 29.3. The number of nitrogens with one attached hydrogen (secondary N) is 1. The highest BCUT2D eigenvalue weighted by Gasteiger charge is 2.50. The highest BCUT2D eigenvalue weighted by Crippen LogP contribution is 2.51. The van der Waals surface area contributed by atoms with Gasteiger partial charge in [0.2, 0.25) is 0 Å². The van der Waals surface area contributed by atoms with Crippen LogP contribution in [0.25, 0.3) is 22.2 Å². The molecule has 41 heavy (non-hydrogen) atoms. The molecular weight excluding hydrogens is 630 g/mol. The molecule has 6 atom stereocenters. The standard InChI is InChI=1S/C20H21F2N7O8P2S2/c21-9-4-29(17-13(9)18(30)26-8-25-17)19-15(14(22)11(36-19)5-34-38)37-39(32,41)35-6-12-27-10-3-23-7-24-16(10)28(12)1-2-33-20(31)40/h3-4,7-8,11,14-15,19H,1-2,5-6,38H2,(H,31,40)(H,32,41)(H,25,26,30)/t11-,14-,15-,19-,39?/m1/s1. The minimum atomic E-state index is -4.23. The fraction of sp³-hybridized carbons (Fsp3) is 0.400. The fourth-order valence-corrected chi connectivity index (χ4v) is 5.93. The second-order valence-electron chi connectivity index (χ2n) is 8.50. The maximum absolute atomic E-state index is 15.6. The number of imidazole rings is 1. The number of thiol groups is 1. The number of aromatic amines is 1. The van der Waals surface area contributed by atoms with E-state index >= 15 is 4.39 Å². The molecule has 0 bridgehead atoms. The van der Waals surface area contributed by atoms with Crippen molar-refractivity contribution in [3.05, 3.63) is 47.0 Å². The first-order valence-corrected chi connectivity index (χ1v) is 15.1. The number of carbonyl (C=O) groups excluding carboxylic acids is 1. The summed E-state index contributed by atoms with van der Waals surface area (Å²) in [6.07, 6.45) is -1.46. The van der Waals surface area contributed by atoms with E-state index < -0.39 is 54.6 Å². The first-order chi connectivity index (χ1) is 19.6. The van der Waals surface area contributed by atoms with Crippen LogP contribution in [0, 0.1) is 5.82 Å². The van der Waals surface area contributed by atoms with Crippen LogP contribution in [0.5, 0.6) is 0 Å². The van der Waals surface area contributed by atoms with Crippen LogP contribution in [-0.2, 0) is 48.0 Å². The lowest BCUT2D eigenvalue weighted by Crippen LogP contribution is -2.32. The Morgan fingerprint density at radius 1 is 1.37 bits per heavy atom. The van der Waals surface area contributed by atoms with E-state index in [-0.39, 0.29) is 36.6 Å². The number of halogens is 2. The van der Waals surface area contributed by atoms with Gasteiger partial charge in [-0.1, -0.05) is 12.6 Å². The summed E-state index contributed by atoms with van der Waals surface area (Å²) in [7, 11) is 1.96. The topological polar surface area (TPSA) is 178 Å². The summed E-state index contributed by atoms with van der Waals surface area (Å²) in [6, 6.07) is 0. The normalized spacial score (nSPS) is 22.4. The number of carbonyl (C=O) groups is 1. The third-order valence-corrected chi connectivity index (χ3v) is 7.87. The number of H-pyrrole nitrogens is 1. The quantitative estimate of drug-likeness (QED) is 0.122. The number of ether oxygens (including phenoxy) is 2. The number of hydrogen-bond donors (Lipinski definition) is 3. The molecule has 0 radical (unpaired) electrons. The van der Waals surface area contributed by atoms with E-state index in [0.717, 1.165) is 17.1 Å². The van der Waals surface area contributed by atoms with E-state index in [2.05, 4.69) is 37.5 Å². The predicted octanol–water partition coefficient (Wildman–Crippen LogP) is 1.93. The van der Waals surface area contributed by atoms with Crippen LogP contribution >= 0.6 is 28.8 Å². The maximum atomic E-state index is 15.6. The molecule has 220 valence electrons. The fourth-order valence-electron chi connectivity index (χ4n) is 4.32. The van der Waals surface area contributed by atoms with Crippen molar-refractivity contribution in [2.75, 3.05) is 13.2 Å². The number of fused-ring (bicyclic) bond motifs is 2. The van der Waals surface area contributed by atoms with Crippen LogP contribution in [0.1, 0.15) is 12.1 Å². The van der Waals surface area contributed by atoms with Crippen molar-refractivity contribution in [2.24, 2.45) is 0 Å². The number of alkyl halides is 1. The number of hydrogen-bond acceptors (Lipinski definition) is 12. The van der Waals surface area contributed by atoms with Crippen LogP contribution in [0.3, 0.4) is 0 Å². The lowest BCUT2D eigenvalue weighted by Gasteiger charge is -2.25. The Morgan fingerprint density at radius 3 is 2.93 bits per heavy atom. The molecule has 21 heteroatoms. The third-order valence-electron chi connectivity index (χ3n) is 6.01. The number of nitrogens with zero attached hydrogens (tertiary/aromatic N) is 6. The van der Waals surface area contributed by atoms with Gasteiger partial charge in [-0.15, -0.1) is 0 Å². The van der Waals surface area contributed by atoms with E-state index in [1.165, 1.54) is 12.5 Å². The number of aromatic nitrogens is 7. The molecule has 4 aromatic heterocycles. The van der Waals surface area contributed by atoms with Crippen LogP contribution in [-0.4, -0.2) is 75.8 Å². The largest absolute Gasteiger partial charge is 0.456 e. The van der Waals surface area contributed by atoms with E-state index in [1.54, 1.807) is 4.57 Å². The first-order valence-electron chi connectivity index (χ1n) is 11.6. The average Bonchev–Trinajstić information content (AvgIpc) is 3.55. The van der Waals surface area contributed by atoms with E-state index in [1.807, 2.05) is 9.47 Å². The molecule has 0 amide bonds. The molecule has 0 spiro atoms. The van der Waals surface area contributed by atoms with Gasteiger partial charge >= 0.3 is 12.0 Å². The summed E-state index contributed by atoms with van der Waals surface area (Å²) in [5, 5.41) is -1.16. The minimum Gasteiger partial charge on any atom is -0.456 e. The molecule has 5 rings (SSSR count). The molecule has 1 saturated heterocycles. The van der Waals surface area contributed by atoms with Gasteiger partial charge in [0.1, 0.15) is 48.5 Å². The number of rotatable bonds is 11. The minimum absolute atomic E-state index is 0.0728. The second-order valence-corrected chi connectivity index (χ2v) is 12.0. The van der Waals surface area contributed by atoms with E-state index in [0.29, 0.717) is 11.2 Å². The van der Waals surface area contributed by atoms with Gasteiger partial charge in [0.25, 0.3) is 5.56 Å². The molecule has 1 aliphatic heterocycles. The van der Waals surface area contributed by atoms with Crippen molar-refractivity contribution >= 4 is 68.1 Å². The van der Waals surface area contributed by atoms with Gasteiger partial charge in [0.15, 0.2) is 29.5 Å². The third kappa shape index (κ3) is 6.33. The summed E-state index contributed by atoms with van der Waals surface area (Å²) < 4.78 is 59.5. The van der Waals surface area contributed by atoms with Gasteiger partial charge < -0.3 is 37.5 Å². The summed E-state index contributed by atoms with van der Waals surface area (Å²) >= 11 is 8.73. The van der Waals surface area contributed by atoms with Crippen molar-refractivity contribution < 1.29 is 41.5 Å². The van der Waals surface area contributed by atoms with Gasteiger partial charge in [-0.25, -0.2) is 33.5 Å². The zero-order valence-corrected chi connectivity index (χ0v) is 24.3. The van der Waals surface area contributed by atoms with E-state index in [4.69, 9.17) is 34.9 Å². The molecular formula is C20H21F2N7O8P2S2. The lowest BCUT2D eigenvalue weighted by atomic mass is 10.1. The monoisotopic (exact) mass is 651 g/mol. The summed E-state index contributed by atoms with van der Waals surface area (Å²) in [6.45, 7) is -4.85. The smallest absolute Gasteiger partial charge is 0.364 e. The van der Waals surface area contributed by atoms with E-state index in [9.17, 15) is 18.9 Å². The molecule has 5 heterocycles. The summed E-state index contributed by atoms with van der Waals surface area (Å²) in [5.74, 6) is -0.710. The Kier molecular flexibility index (Phi) is 9.08. The maximum Gasteiger partial charge on any atom is 0.364 e. The highest BCUT2D eigenvalue weighted by atomic mass is 32.5. The Hall–Kier alpha value is -2.47. The van der Waals surface area contributed by atoms with Crippen LogP contribution < -0.4 is 5.56 Å². The molecule has 0 aliphatic carbocycles. The Labute approximate surface area is 241 Å². The molecule has 0 saturated carbocycles.